The van der Waals surface area contributed by atoms with Crippen molar-refractivity contribution in [2.24, 2.45) is 0 Å². The molecule has 4 heteroatoms. The lowest BCUT2D eigenvalue weighted by Gasteiger charge is -2.26. The van der Waals surface area contributed by atoms with Gasteiger partial charge in [-0.25, -0.2) is 4.68 Å². The number of rotatable bonds is 3. The molecule has 0 bridgehead atoms. The zero-order valence-electron chi connectivity index (χ0n) is 13.6. The van der Waals surface area contributed by atoms with Crippen molar-refractivity contribution in [1.82, 2.24) is 9.78 Å². The average Bonchev–Trinajstić information content (AvgIpc) is 3.14. The Morgan fingerprint density at radius 1 is 1.35 bits per heavy atom. The molecule has 23 heavy (non-hydrogen) atoms. The second-order valence-corrected chi connectivity index (χ2v) is 6.66. The normalized spacial score (nSPS) is 19.3. The molecule has 0 fully saturated rings. The molecule has 1 aromatic carbocycles. The first kappa shape index (κ1) is 14.2. The number of nitrogens with zero attached hydrogens (tertiary/aromatic N) is 3. The van der Waals surface area contributed by atoms with Gasteiger partial charge in [-0.2, -0.15) is 5.10 Å². The number of ketones is 1. The average molecular weight is 307 g/mol. The van der Waals surface area contributed by atoms with Crippen molar-refractivity contribution in [2.45, 2.75) is 32.6 Å². The van der Waals surface area contributed by atoms with Crippen molar-refractivity contribution in [3.8, 4) is 0 Å². The number of aromatic nitrogens is 2. The minimum atomic E-state index is 0.131. The van der Waals surface area contributed by atoms with Crippen LogP contribution < -0.4 is 4.90 Å². The standard InChI is InChI=1S/C19H21N3O/c1-13-9-15(12-22-18(13)5-7-20-22)11-21-8-6-16-3-4-17(14(2)23)10-19(16)21/h3-5,7,10,12-13H,6,8-9,11H2,1-2H3. The van der Waals surface area contributed by atoms with Gasteiger partial charge in [0.25, 0.3) is 0 Å². The number of benzene rings is 1. The van der Waals surface area contributed by atoms with Gasteiger partial charge in [0.15, 0.2) is 5.78 Å². The Bertz CT molecular complexity index is 803. The molecular weight excluding hydrogens is 286 g/mol. The van der Waals surface area contributed by atoms with Crippen LogP contribution in [0.15, 0.2) is 36.0 Å². The number of fused-ring (bicyclic) bond motifs is 2. The van der Waals surface area contributed by atoms with Crippen molar-refractivity contribution in [3.63, 3.8) is 0 Å². The van der Waals surface area contributed by atoms with Gasteiger partial charge in [-0.15, -0.1) is 0 Å². The van der Waals surface area contributed by atoms with E-state index in [2.05, 4.69) is 41.3 Å². The quantitative estimate of drug-likeness (QED) is 0.815. The number of carbonyl (C=O) groups excluding carboxylic acids is 1. The van der Waals surface area contributed by atoms with Gasteiger partial charge >= 0.3 is 0 Å². The predicted octanol–water partition coefficient (Wildman–Crippen LogP) is 3.50. The summed E-state index contributed by atoms with van der Waals surface area (Å²) in [6.07, 6.45) is 6.17. The molecule has 1 atom stereocenters. The topological polar surface area (TPSA) is 38.1 Å². The number of hydrogen-bond donors (Lipinski definition) is 0. The first-order valence-corrected chi connectivity index (χ1v) is 8.23. The maximum atomic E-state index is 11.7. The number of carbonyl (C=O) groups is 1. The molecule has 0 radical (unpaired) electrons. The van der Waals surface area contributed by atoms with Crippen LogP contribution in [0.5, 0.6) is 0 Å². The van der Waals surface area contributed by atoms with Gasteiger partial charge in [-0.3, -0.25) is 4.79 Å². The molecule has 3 heterocycles. The lowest BCUT2D eigenvalue weighted by molar-refractivity contribution is 0.101. The summed E-state index contributed by atoms with van der Waals surface area (Å²) in [5.74, 6) is 0.634. The monoisotopic (exact) mass is 307 g/mol. The smallest absolute Gasteiger partial charge is 0.159 e. The predicted molar refractivity (Wildman–Crippen MR) is 91.9 cm³/mol. The lowest BCUT2D eigenvalue weighted by Crippen LogP contribution is -2.25. The zero-order chi connectivity index (χ0) is 16.0. The van der Waals surface area contributed by atoms with Gasteiger partial charge in [0.1, 0.15) is 0 Å². The highest BCUT2D eigenvalue weighted by Gasteiger charge is 2.24. The van der Waals surface area contributed by atoms with Gasteiger partial charge in [-0.05, 0) is 43.0 Å². The summed E-state index contributed by atoms with van der Waals surface area (Å²) in [4.78, 5) is 14.0. The second-order valence-electron chi connectivity index (χ2n) is 6.66. The van der Waals surface area contributed by atoms with Crippen LogP contribution in [0.3, 0.4) is 0 Å². The molecule has 0 N–H and O–H groups in total. The first-order chi connectivity index (χ1) is 11.1. The minimum Gasteiger partial charge on any atom is -0.367 e. The summed E-state index contributed by atoms with van der Waals surface area (Å²) < 4.78 is 2.01. The van der Waals surface area contributed by atoms with Crippen molar-refractivity contribution >= 4 is 17.7 Å². The van der Waals surface area contributed by atoms with Gasteiger partial charge < -0.3 is 4.90 Å². The molecule has 4 rings (SSSR count). The molecule has 2 aromatic rings. The molecule has 4 nitrogen and oxygen atoms in total. The molecule has 0 spiro atoms. The van der Waals surface area contributed by atoms with Crippen LogP contribution in [0.2, 0.25) is 0 Å². The van der Waals surface area contributed by atoms with Gasteiger partial charge in [0.05, 0.1) is 0 Å². The molecule has 2 aliphatic heterocycles. The largest absolute Gasteiger partial charge is 0.367 e. The maximum absolute atomic E-state index is 11.7. The Morgan fingerprint density at radius 2 is 2.22 bits per heavy atom. The Kier molecular flexibility index (Phi) is 3.33. The van der Waals surface area contributed by atoms with E-state index in [1.165, 1.54) is 22.5 Å². The van der Waals surface area contributed by atoms with Gasteiger partial charge in [0, 0.05) is 48.3 Å². The fourth-order valence-electron chi connectivity index (χ4n) is 3.73. The second kappa shape index (κ2) is 5.37. The fourth-order valence-corrected chi connectivity index (χ4v) is 3.73. The summed E-state index contributed by atoms with van der Waals surface area (Å²) >= 11 is 0. The van der Waals surface area contributed by atoms with E-state index in [0.29, 0.717) is 5.92 Å². The van der Waals surface area contributed by atoms with Crippen molar-refractivity contribution < 1.29 is 4.79 Å². The van der Waals surface area contributed by atoms with Crippen molar-refractivity contribution in [2.75, 3.05) is 18.0 Å². The Balaban J connectivity index is 1.61. The van der Waals surface area contributed by atoms with E-state index in [1.807, 2.05) is 16.9 Å². The molecule has 1 unspecified atom stereocenters. The van der Waals surface area contributed by atoms with Crippen LogP contribution in [0.1, 0.15) is 47.8 Å². The molecular formula is C19H21N3O. The molecule has 0 saturated heterocycles. The molecule has 1 aromatic heterocycles. The third-order valence-corrected chi connectivity index (χ3v) is 4.96. The molecule has 0 aliphatic carbocycles. The Labute approximate surface area is 136 Å². The third-order valence-electron chi connectivity index (χ3n) is 4.96. The van der Waals surface area contributed by atoms with Crippen LogP contribution in [0.25, 0.3) is 6.20 Å². The van der Waals surface area contributed by atoms with Crippen molar-refractivity contribution in [3.05, 3.63) is 52.9 Å². The van der Waals surface area contributed by atoms with E-state index in [1.54, 1.807) is 6.92 Å². The molecule has 0 amide bonds. The molecule has 0 saturated carbocycles. The van der Waals surface area contributed by atoms with Gasteiger partial charge in [-0.1, -0.05) is 19.1 Å². The van der Waals surface area contributed by atoms with E-state index in [4.69, 9.17) is 0 Å². The van der Waals surface area contributed by atoms with E-state index in [9.17, 15) is 4.79 Å². The number of hydrogen-bond acceptors (Lipinski definition) is 3. The minimum absolute atomic E-state index is 0.131. The van der Waals surface area contributed by atoms with E-state index in [-0.39, 0.29) is 5.78 Å². The third kappa shape index (κ3) is 2.48. The molecule has 2 aliphatic rings. The first-order valence-electron chi connectivity index (χ1n) is 8.23. The van der Waals surface area contributed by atoms with Crippen LogP contribution in [0, 0.1) is 0 Å². The lowest BCUT2D eigenvalue weighted by atomic mass is 9.95. The Morgan fingerprint density at radius 3 is 3.04 bits per heavy atom. The number of anilines is 1. The van der Waals surface area contributed by atoms with Crippen LogP contribution in [0.4, 0.5) is 5.69 Å². The van der Waals surface area contributed by atoms with Crippen LogP contribution in [-0.2, 0) is 6.42 Å². The highest BCUT2D eigenvalue weighted by Crippen LogP contribution is 2.33. The SMILES string of the molecule is CC(=O)c1ccc2c(c1)N(CC1=Cn3nccc3C(C)C1)CC2. The maximum Gasteiger partial charge on any atom is 0.159 e. The highest BCUT2D eigenvalue weighted by atomic mass is 16.1. The zero-order valence-corrected chi connectivity index (χ0v) is 13.6. The van der Waals surface area contributed by atoms with E-state index >= 15 is 0 Å². The highest BCUT2D eigenvalue weighted by molar-refractivity contribution is 5.95. The van der Waals surface area contributed by atoms with Crippen LogP contribution in [-0.4, -0.2) is 28.7 Å². The molecule has 118 valence electrons. The number of Topliss-reactive ketones (excluding diaryl/α,β-unsaturated/α-hetero) is 1. The Hall–Kier alpha value is -2.36. The van der Waals surface area contributed by atoms with E-state index < -0.39 is 0 Å². The van der Waals surface area contributed by atoms with Crippen molar-refractivity contribution in [1.29, 1.82) is 0 Å². The van der Waals surface area contributed by atoms with Gasteiger partial charge in [0.2, 0.25) is 0 Å². The summed E-state index contributed by atoms with van der Waals surface area (Å²) in [5, 5.41) is 4.39. The summed E-state index contributed by atoms with van der Waals surface area (Å²) in [6.45, 7) is 5.82. The summed E-state index contributed by atoms with van der Waals surface area (Å²) in [7, 11) is 0. The van der Waals surface area contributed by atoms with E-state index in [0.717, 1.165) is 31.5 Å². The summed E-state index contributed by atoms with van der Waals surface area (Å²) in [6, 6.07) is 8.21. The fraction of sp³-hybridized carbons (Fsp3) is 0.368. The summed E-state index contributed by atoms with van der Waals surface area (Å²) in [5.41, 5.74) is 6.05. The van der Waals surface area contributed by atoms with Crippen LogP contribution >= 0.6 is 0 Å².